The monoisotopic (exact) mass is 379 g/mol. The summed E-state index contributed by atoms with van der Waals surface area (Å²) >= 11 is 0. The first-order valence-corrected chi connectivity index (χ1v) is 10.2. The molecule has 2 aromatic rings. The molecule has 3 rings (SSSR count). The third-order valence-corrected chi connectivity index (χ3v) is 5.52. The minimum atomic E-state index is -3.60. The highest BCUT2D eigenvalue weighted by molar-refractivity contribution is 7.89. The van der Waals surface area contributed by atoms with Gasteiger partial charge in [-0.3, -0.25) is 0 Å². The zero-order valence-corrected chi connectivity index (χ0v) is 16.0. The fraction of sp³-hybridized carbons (Fsp3) is 0.562. The van der Waals surface area contributed by atoms with E-state index in [1.807, 2.05) is 13.0 Å². The number of piperidine rings is 1. The van der Waals surface area contributed by atoms with Gasteiger partial charge in [0, 0.05) is 51.2 Å². The summed E-state index contributed by atoms with van der Waals surface area (Å²) in [5, 5.41) is 3.11. The Hall–Kier alpha value is -2.20. The molecule has 142 valence electrons. The minimum absolute atomic E-state index is 0.0131. The summed E-state index contributed by atoms with van der Waals surface area (Å²) < 4.78 is 28.4. The second kappa shape index (κ2) is 8.00. The standard InChI is InChI=1S/C16H25N7O2S/c1-13-10-14(23-8-4-3-5-9-23)21-16(20-13)17-6-7-19-26(24,25)15-11-22(2)12-18-15/h10-12,19H,3-9H2,1-2H3,(H,17,20,21). The third-order valence-electron chi connectivity index (χ3n) is 4.18. The zero-order chi connectivity index (χ0) is 18.6. The fourth-order valence-electron chi connectivity index (χ4n) is 2.88. The van der Waals surface area contributed by atoms with Crippen LogP contribution in [-0.2, 0) is 17.1 Å². The molecule has 1 aliphatic heterocycles. The normalized spacial score (nSPS) is 15.2. The molecule has 2 N–H and O–H groups in total. The van der Waals surface area contributed by atoms with Crippen LogP contribution in [0.4, 0.5) is 11.8 Å². The smallest absolute Gasteiger partial charge is 0.259 e. The molecule has 9 nitrogen and oxygen atoms in total. The van der Waals surface area contributed by atoms with Crippen molar-refractivity contribution < 1.29 is 8.42 Å². The van der Waals surface area contributed by atoms with Gasteiger partial charge in [0.1, 0.15) is 5.82 Å². The molecule has 1 saturated heterocycles. The summed E-state index contributed by atoms with van der Waals surface area (Å²) in [6.45, 7) is 4.56. The van der Waals surface area contributed by atoms with E-state index in [1.54, 1.807) is 11.6 Å². The van der Waals surface area contributed by atoms with Crippen LogP contribution in [-0.4, -0.2) is 54.1 Å². The van der Waals surface area contributed by atoms with Crippen molar-refractivity contribution in [1.29, 1.82) is 0 Å². The molecule has 1 aliphatic rings. The minimum Gasteiger partial charge on any atom is -0.356 e. The second-order valence-electron chi connectivity index (χ2n) is 6.44. The maximum atomic E-state index is 12.1. The molecule has 0 radical (unpaired) electrons. The van der Waals surface area contributed by atoms with Crippen LogP contribution < -0.4 is 14.9 Å². The first-order chi connectivity index (χ1) is 12.4. The van der Waals surface area contributed by atoms with Crippen molar-refractivity contribution in [3.8, 4) is 0 Å². The summed E-state index contributed by atoms with van der Waals surface area (Å²) in [4.78, 5) is 15.1. The van der Waals surface area contributed by atoms with Crippen LogP contribution in [0.2, 0.25) is 0 Å². The number of rotatable bonds is 7. The molecule has 0 aromatic carbocycles. The lowest BCUT2D eigenvalue weighted by Crippen LogP contribution is -2.31. The lowest BCUT2D eigenvalue weighted by Gasteiger charge is -2.28. The molecule has 0 saturated carbocycles. The number of hydrogen-bond donors (Lipinski definition) is 2. The van der Waals surface area contributed by atoms with Crippen molar-refractivity contribution in [2.75, 3.05) is 36.4 Å². The van der Waals surface area contributed by atoms with Crippen molar-refractivity contribution in [3.63, 3.8) is 0 Å². The van der Waals surface area contributed by atoms with Crippen LogP contribution in [0.25, 0.3) is 0 Å². The molecular formula is C16H25N7O2S. The molecule has 3 heterocycles. The molecule has 10 heteroatoms. The molecule has 0 aliphatic carbocycles. The van der Waals surface area contributed by atoms with Crippen molar-refractivity contribution in [2.24, 2.45) is 7.05 Å². The van der Waals surface area contributed by atoms with Crippen molar-refractivity contribution >= 4 is 21.8 Å². The highest BCUT2D eigenvalue weighted by Gasteiger charge is 2.16. The molecule has 0 atom stereocenters. The Morgan fingerprint density at radius 1 is 1.15 bits per heavy atom. The average molecular weight is 379 g/mol. The highest BCUT2D eigenvalue weighted by atomic mass is 32.2. The van der Waals surface area contributed by atoms with Crippen LogP contribution in [0, 0.1) is 6.92 Å². The summed E-state index contributed by atoms with van der Waals surface area (Å²) in [5.41, 5.74) is 0.886. The van der Waals surface area contributed by atoms with Crippen LogP contribution in [0.1, 0.15) is 25.0 Å². The van der Waals surface area contributed by atoms with Crippen LogP contribution in [0.5, 0.6) is 0 Å². The Morgan fingerprint density at radius 3 is 2.62 bits per heavy atom. The number of nitrogens with one attached hydrogen (secondary N) is 2. The Kier molecular flexibility index (Phi) is 5.72. The number of hydrogen-bond acceptors (Lipinski definition) is 7. The van der Waals surface area contributed by atoms with Gasteiger partial charge in [-0.2, -0.15) is 4.98 Å². The van der Waals surface area contributed by atoms with E-state index in [2.05, 4.69) is 29.9 Å². The van der Waals surface area contributed by atoms with Crippen LogP contribution in [0.3, 0.4) is 0 Å². The number of imidazole rings is 1. The third kappa shape index (κ3) is 4.70. The van der Waals surface area contributed by atoms with Gasteiger partial charge >= 0.3 is 0 Å². The first-order valence-electron chi connectivity index (χ1n) is 8.76. The summed E-state index contributed by atoms with van der Waals surface area (Å²) in [7, 11) is -1.87. The van der Waals surface area contributed by atoms with E-state index < -0.39 is 10.0 Å². The van der Waals surface area contributed by atoms with Gasteiger partial charge in [-0.15, -0.1) is 0 Å². The molecule has 0 spiro atoms. The average Bonchev–Trinajstić information content (AvgIpc) is 3.07. The van der Waals surface area contributed by atoms with Gasteiger partial charge in [0.25, 0.3) is 10.0 Å². The summed E-state index contributed by atoms with van der Waals surface area (Å²) in [6, 6.07) is 1.99. The predicted molar refractivity (Wildman–Crippen MR) is 99.7 cm³/mol. The summed E-state index contributed by atoms with van der Waals surface area (Å²) in [6.07, 6.45) is 6.55. The Balaban J connectivity index is 1.55. The molecule has 0 amide bonds. The van der Waals surface area contributed by atoms with Crippen molar-refractivity contribution in [3.05, 3.63) is 24.3 Å². The summed E-state index contributed by atoms with van der Waals surface area (Å²) in [5.74, 6) is 1.44. The number of sulfonamides is 1. The van der Waals surface area contributed by atoms with E-state index in [0.29, 0.717) is 12.5 Å². The largest absolute Gasteiger partial charge is 0.356 e. The van der Waals surface area contributed by atoms with Gasteiger partial charge in [0.15, 0.2) is 5.03 Å². The van der Waals surface area contributed by atoms with Gasteiger partial charge < -0.3 is 14.8 Å². The maximum absolute atomic E-state index is 12.1. The Bertz CT molecular complexity index is 844. The molecule has 1 fully saturated rings. The highest BCUT2D eigenvalue weighted by Crippen LogP contribution is 2.19. The first kappa shape index (κ1) is 18.6. The van der Waals surface area contributed by atoms with Gasteiger partial charge in [-0.25, -0.2) is 23.1 Å². The number of nitrogens with zero attached hydrogens (tertiary/aromatic N) is 5. The fourth-order valence-corrected chi connectivity index (χ4v) is 3.89. The van der Waals surface area contributed by atoms with E-state index in [9.17, 15) is 8.42 Å². The Morgan fingerprint density at radius 2 is 1.92 bits per heavy atom. The van der Waals surface area contributed by atoms with Gasteiger partial charge in [0.2, 0.25) is 5.95 Å². The van der Waals surface area contributed by atoms with Crippen molar-refractivity contribution in [1.82, 2.24) is 24.2 Å². The van der Waals surface area contributed by atoms with E-state index in [0.717, 1.165) is 24.6 Å². The van der Waals surface area contributed by atoms with Crippen molar-refractivity contribution in [2.45, 2.75) is 31.2 Å². The quantitative estimate of drug-likeness (QED) is 0.689. The molecule has 26 heavy (non-hydrogen) atoms. The molecular weight excluding hydrogens is 354 g/mol. The predicted octanol–water partition coefficient (Wildman–Crippen LogP) is 0.899. The number of anilines is 2. The molecule has 0 unspecified atom stereocenters. The molecule has 2 aromatic heterocycles. The van der Waals surface area contributed by atoms with E-state index in [-0.39, 0.29) is 11.6 Å². The van der Waals surface area contributed by atoms with Gasteiger partial charge in [-0.1, -0.05) is 0 Å². The van der Waals surface area contributed by atoms with Gasteiger partial charge in [-0.05, 0) is 26.2 Å². The number of aryl methyl sites for hydroxylation is 2. The van der Waals surface area contributed by atoms with E-state index in [4.69, 9.17) is 0 Å². The molecule has 0 bridgehead atoms. The van der Waals surface area contributed by atoms with Gasteiger partial charge in [0.05, 0.1) is 6.33 Å². The maximum Gasteiger partial charge on any atom is 0.259 e. The van der Waals surface area contributed by atoms with E-state index >= 15 is 0 Å². The van der Waals surface area contributed by atoms with Crippen LogP contribution >= 0.6 is 0 Å². The lowest BCUT2D eigenvalue weighted by molar-refractivity contribution is 0.573. The zero-order valence-electron chi connectivity index (χ0n) is 15.1. The van der Waals surface area contributed by atoms with E-state index in [1.165, 1.54) is 31.8 Å². The number of aromatic nitrogens is 4. The Labute approximate surface area is 153 Å². The topological polar surface area (TPSA) is 105 Å². The van der Waals surface area contributed by atoms with Crippen LogP contribution in [0.15, 0.2) is 23.6 Å². The second-order valence-corrected chi connectivity index (χ2v) is 8.15. The lowest BCUT2D eigenvalue weighted by atomic mass is 10.1. The SMILES string of the molecule is Cc1cc(N2CCCCC2)nc(NCCNS(=O)(=O)c2cn(C)cn2)n1.